The van der Waals surface area contributed by atoms with Crippen LogP contribution in [0.1, 0.15) is 18.6 Å². The van der Waals surface area contributed by atoms with Crippen molar-refractivity contribution in [2.45, 2.75) is 25.2 Å². The maximum absolute atomic E-state index is 9.43. The number of benzene rings is 1. The van der Waals surface area contributed by atoms with Gasteiger partial charge < -0.3 is 14.6 Å². The quantitative estimate of drug-likeness (QED) is 0.827. The van der Waals surface area contributed by atoms with Crippen LogP contribution in [0.5, 0.6) is 0 Å². The molecule has 1 aliphatic rings. The van der Waals surface area contributed by atoms with Crippen LogP contribution >= 0.6 is 0 Å². The summed E-state index contributed by atoms with van der Waals surface area (Å²) in [6.07, 6.45) is 3.26. The lowest BCUT2D eigenvalue weighted by Crippen LogP contribution is -2.37. The number of hydrogen-bond donors (Lipinski definition) is 1. The largest absolute Gasteiger partial charge is 0.394 e. The van der Waals surface area contributed by atoms with Crippen molar-refractivity contribution in [1.29, 1.82) is 0 Å². The average molecular weight is 260 g/mol. The van der Waals surface area contributed by atoms with E-state index in [2.05, 4.69) is 6.58 Å². The lowest BCUT2D eigenvalue weighted by Gasteiger charge is -2.31. The Morgan fingerprint density at radius 2 is 2.05 bits per heavy atom. The number of ether oxygens (including phenoxy) is 2. The first kappa shape index (κ1) is 14.0. The Kier molecular flexibility index (Phi) is 4.91. The predicted molar refractivity (Wildman–Crippen MR) is 74.8 cm³/mol. The molecule has 19 heavy (non-hydrogen) atoms. The van der Waals surface area contributed by atoms with Crippen LogP contribution in [0.2, 0.25) is 0 Å². The van der Waals surface area contributed by atoms with Gasteiger partial charge in [-0.1, -0.05) is 54.6 Å². The summed E-state index contributed by atoms with van der Waals surface area (Å²) in [5.41, 5.74) is 2.03. The Bertz CT molecular complexity index is 439. The molecule has 0 bridgehead atoms. The summed E-state index contributed by atoms with van der Waals surface area (Å²) in [6.45, 7) is 6.13. The topological polar surface area (TPSA) is 38.7 Å². The fourth-order valence-corrected chi connectivity index (χ4v) is 2.03. The molecule has 0 radical (unpaired) electrons. The van der Waals surface area contributed by atoms with Crippen molar-refractivity contribution in [3.8, 4) is 0 Å². The molecular weight excluding hydrogens is 240 g/mol. The maximum atomic E-state index is 9.43. The lowest BCUT2D eigenvalue weighted by molar-refractivity contribution is -0.0990. The third-order valence-corrected chi connectivity index (χ3v) is 2.99. The number of aliphatic hydroxyl groups is 1. The molecule has 1 aromatic carbocycles. The van der Waals surface area contributed by atoms with Gasteiger partial charge in [-0.15, -0.1) is 0 Å². The van der Waals surface area contributed by atoms with Crippen LogP contribution in [-0.4, -0.2) is 30.5 Å². The van der Waals surface area contributed by atoms with Gasteiger partial charge in [0.05, 0.1) is 13.2 Å². The number of aliphatic hydroxyl groups excluding tert-OH is 1. The highest BCUT2D eigenvalue weighted by Crippen LogP contribution is 2.27. The zero-order valence-corrected chi connectivity index (χ0v) is 11.2. The van der Waals surface area contributed by atoms with Gasteiger partial charge >= 0.3 is 0 Å². The lowest BCUT2D eigenvalue weighted by atomic mass is 10.0. The van der Waals surface area contributed by atoms with Crippen molar-refractivity contribution >= 4 is 0 Å². The fraction of sp³-hybridized carbons (Fsp3) is 0.375. The third-order valence-electron chi connectivity index (χ3n) is 2.99. The van der Waals surface area contributed by atoms with Crippen LogP contribution in [0.4, 0.5) is 0 Å². The van der Waals surface area contributed by atoms with E-state index in [1.165, 1.54) is 0 Å². The first-order chi connectivity index (χ1) is 9.20. The highest BCUT2D eigenvalue weighted by atomic mass is 16.6. The van der Waals surface area contributed by atoms with Gasteiger partial charge in [0, 0.05) is 0 Å². The molecule has 2 rings (SSSR count). The minimum absolute atomic E-state index is 0.0610. The van der Waals surface area contributed by atoms with Crippen LogP contribution in [0.15, 0.2) is 54.6 Å². The van der Waals surface area contributed by atoms with E-state index in [-0.39, 0.29) is 24.9 Å². The summed E-state index contributed by atoms with van der Waals surface area (Å²) >= 11 is 0. The number of rotatable bonds is 5. The highest BCUT2D eigenvalue weighted by molar-refractivity contribution is 5.23. The van der Waals surface area contributed by atoms with Crippen molar-refractivity contribution in [3.05, 3.63) is 60.2 Å². The smallest absolute Gasteiger partial charge is 0.111 e. The first-order valence-corrected chi connectivity index (χ1v) is 6.46. The van der Waals surface area contributed by atoms with E-state index in [1.54, 1.807) is 0 Å². The molecular formula is C16H20O3. The monoisotopic (exact) mass is 260 g/mol. The summed E-state index contributed by atoms with van der Waals surface area (Å²) in [5.74, 6) is 0. The van der Waals surface area contributed by atoms with E-state index in [0.717, 1.165) is 11.1 Å². The maximum Gasteiger partial charge on any atom is 0.111 e. The molecule has 3 heteroatoms. The molecule has 102 valence electrons. The van der Waals surface area contributed by atoms with Gasteiger partial charge in [0.1, 0.15) is 18.3 Å². The molecule has 0 amide bonds. The molecule has 1 aromatic rings. The summed E-state index contributed by atoms with van der Waals surface area (Å²) < 4.78 is 11.5. The highest BCUT2D eigenvalue weighted by Gasteiger charge is 2.27. The van der Waals surface area contributed by atoms with E-state index in [0.29, 0.717) is 6.61 Å². The Hall–Kier alpha value is -1.42. The molecule has 0 fully saturated rings. The van der Waals surface area contributed by atoms with E-state index < -0.39 is 0 Å². The van der Waals surface area contributed by atoms with Crippen LogP contribution in [0.3, 0.4) is 0 Å². The molecule has 0 saturated heterocycles. The molecule has 1 N–H and O–H groups in total. The van der Waals surface area contributed by atoms with Gasteiger partial charge in [0.2, 0.25) is 0 Å². The van der Waals surface area contributed by atoms with Crippen LogP contribution in [0, 0.1) is 0 Å². The van der Waals surface area contributed by atoms with Crippen LogP contribution in [0.25, 0.3) is 0 Å². The average Bonchev–Trinajstić information content (AvgIpc) is 2.45. The van der Waals surface area contributed by atoms with E-state index in [9.17, 15) is 5.11 Å². The second-order valence-electron chi connectivity index (χ2n) is 4.81. The van der Waals surface area contributed by atoms with Gasteiger partial charge in [0.25, 0.3) is 0 Å². The van der Waals surface area contributed by atoms with Gasteiger partial charge in [-0.05, 0) is 12.5 Å². The van der Waals surface area contributed by atoms with Gasteiger partial charge in [-0.25, -0.2) is 0 Å². The molecule has 0 aromatic heterocycles. The zero-order valence-electron chi connectivity index (χ0n) is 11.2. The Balaban J connectivity index is 2.05. The Labute approximate surface area is 114 Å². The molecule has 3 atom stereocenters. The second kappa shape index (κ2) is 6.66. The van der Waals surface area contributed by atoms with E-state index in [1.807, 2.05) is 49.4 Å². The van der Waals surface area contributed by atoms with Crippen molar-refractivity contribution in [2.75, 3.05) is 13.2 Å². The predicted octanol–water partition coefficient (Wildman–Crippen LogP) is 2.64. The minimum atomic E-state index is -0.338. The summed E-state index contributed by atoms with van der Waals surface area (Å²) in [5, 5.41) is 9.43. The Morgan fingerprint density at radius 3 is 2.68 bits per heavy atom. The Morgan fingerprint density at radius 1 is 1.32 bits per heavy atom. The van der Waals surface area contributed by atoms with Crippen LogP contribution < -0.4 is 0 Å². The normalized spacial score (nSPS) is 26.3. The molecule has 0 unspecified atom stereocenters. The van der Waals surface area contributed by atoms with E-state index in [4.69, 9.17) is 9.47 Å². The van der Waals surface area contributed by atoms with Gasteiger partial charge in [-0.2, -0.15) is 0 Å². The molecule has 3 nitrogen and oxygen atoms in total. The fourth-order valence-electron chi connectivity index (χ4n) is 2.03. The SMILES string of the molecule is C=C(C)CO[C@H]1C=C[C@@H](c2ccccc2)O[C@H]1CO. The van der Waals surface area contributed by atoms with Crippen molar-refractivity contribution in [2.24, 2.45) is 0 Å². The van der Waals surface area contributed by atoms with Gasteiger partial charge in [0.15, 0.2) is 0 Å². The molecule has 1 heterocycles. The summed E-state index contributed by atoms with van der Waals surface area (Å²) in [4.78, 5) is 0. The summed E-state index contributed by atoms with van der Waals surface area (Å²) in [6, 6.07) is 9.95. The summed E-state index contributed by atoms with van der Waals surface area (Å²) in [7, 11) is 0. The standard InChI is InChI=1S/C16H20O3/c1-12(2)11-18-15-9-8-14(19-16(15)10-17)13-6-4-3-5-7-13/h3-9,14-17H,1,10-11H2,2H3/t14-,15-,16-/m0/s1. The van der Waals surface area contributed by atoms with Crippen molar-refractivity contribution in [3.63, 3.8) is 0 Å². The number of hydrogen-bond acceptors (Lipinski definition) is 3. The van der Waals surface area contributed by atoms with Gasteiger partial charge in [-0.3, -0.25) is 0 Å². The van der Waals surface area contributed by atoms with Crippen LogP contribution in [-0.2, 0) is 9.47 Å². The first-order valence-electron chi connectivity index (χ1n) is 6.46. The van der Waals surface area contributed by atoms with Crippen molar-refractivity contribution in [1.82, 2.24) is 0 Å². The molecule has 1 aliphatic heterocycles. The molecule has 0 spiro atoms. The van der Waals surface area contributed by atoms with E-state index >= 15 is 0 Å². The van der Waals surface area contributed by atoms with Crippen molar-refractivity contribution < 1.29 is 14.6 Å². The third kappa shape index (κ3) is 3.77. The second-order valence-corrected chi connectivity index (χ2v) is 4.81. The molecule has 0 saturated carbocycles. The molecule has 0 aliphatic carbocycles. The zero-order chi connectivity index (χ0) is 13.7. The minimum Gasteiger partial charge on any atom is -0.394 e.